The number of amides is 4. The van der Waals surface area contributed by atoms with Gasteiger partial charge in [-0.25, -0.2) is 0 Å². The van der Waals surface area contributed by atoms with Crippen LogP contribution in [-0.4, -0.2) is 68.8 Å². The molecule has 1 rings (SSSR count). The number of nitrogens with one attached hydrogen (secondary N) is 4. The van der Waals surface area contributed by atoms with E-state index in [1.165, 1.54) is 5.56 Å². The zero-order valence-electron chi connectivity index (χ0n) is 21.7. The number of carbonyl (C=O) groups is 5. The summed E-state index contributed by atoms with van der Waals surface area (Å²) in [6, 6.07) is 10.3. The Labute approximate surface area is 208 Å². The largest absolute Gasteiger partial charge is 0.381 e. The zero-order chi connectivity index (χ0) is 26.9. The number of benzene rings is 1. The summed E-state index contributed by atoms with van der Waals surface area (Å²) in [4.78, 5) is 56.9. The van der Waals surface area contributed by atoms with Gasteiger partial charge in [-0.3, -0.25) is 24.0 Å². The van der Waals surface area contributed by atoms with E-state index in [2.05, 4.69) is 40.3 Å². The first-order chi connectivity index (χ1) is 16.8. The lowest BCUT2D eigenvalue weighted by Crippen LogP contribution is -2.44. The fraction of sp³-hybridized carbons (Fsp3) is 0.560. The van der Waals surface area contributed by atoms with Gasteiger partial charge in [0, 0.05) is 19.4 Å². The Balaban J connectivity index is 0. The summed E-state index contributed by atoms with van der Waals surface area (Å²) in [5.74, 6) is -2.02. The molecule has 10 nitrogen and oxygen atoms in total. The summed E-state index contributed by atoms with van der Waals surface area (Å²) in [6.45, 7) is 9.65. The number of rotatable bonds is 14. The molecule has 0 spiro atoms. The normalized spacial score (nSPS) is 9.29. The van der Waals surface area contributed by atoms with Crippen molar-refractivity contribution in [3.8, 4) is 0 Å². The van der Waals surface area contributed by atoms with Crippen molar-refractivity contribution in [2.24, 2.45) is 0 Å². The molecule has 0 unspecified atom stereocenters. The monoisotopic (exact) mass is 494 g/mol. The number of aryl methyl sites for hydroxylation is 1. The maximum atomic E-state index is 11.5. The van der Waals surface area contributed by atoms with E-state index in [0.29, 0.717) is 13.0 Å². The molecule has 0 aliphatic rings. The van der Waals surface area contributed by atoms with Crippen LogP contribution in [0.25, 0.3) is 0 Å². The third-order valence-electron chi connectivity index (χ3n) is 3.98. The average Bonchev–Trinajstić information content (AvgIpc) is 2.88. The van der Waals surface area contributed by atoms with Crippen LogP contribution in [0.3, 0.4) is 0 Å². The van der Waals surface area contributed by atoms with Gasteiger partial charge in [-0.05, 0) is 13.3 Å². The molecular formula is C25H42N4O6. The number of hydrogen-bond acceptors (Lipinski definition) is 6. The van der Waals surface area contributed by atoms with Crippen molar-refractivity contribution < 1.29 is 28.7 Å². The van der Waals surface area contributed by atoms with Crippen LogP contribution in [-0.2, 0) is 28.7 Å². The molecule has 10 heteroatoms. The second-order valence-corrected chi connectivity index (χ2v) is 7.02. The number of ketones is 1. The molecule has 4 amide bonds. The summed E-state index contributed by atoms with van der Waals surface area (Å²) >= 11 is 0. The van der Waals surface area contributed by atoms with Gasteiger partial charge in [-0.2, -0.15) is 0 Å². The fourth-order valence-corrected chi connectivity index (χ4v) is 2.08. The first kappa shape index (κ1) is 33.9. The summed E-state index contributed by atoms with van der Waals surface area (Å²) < 4.78 is 5.16. The van der Waals surface area contributed by atoms with Crippen molar-refractivity contribution in [1.29, 1.82) is 0 Å². The second kappa shape index (κ2) is 23.9. The first-order valence-electron chi connectivity index (χ1n) is 12.0. The molecule has 35 heavy (non-hydrogen) atoms. The van der Waals surface area contributed by atoms with E-state index < -0.39 is 17.7 Å². The summed E-state index contributed by atoms with van der Waals surface area (Å²) in [5.41, 5.74) is 1.32. The third-order valence-corrected chi connectivity index (χ3v) is 3.98. The topological polar surface area (TPSA) is 143 Å². The lowest BCUT2D eigenvalue weighted by molar-refractivity contribution is -0.129. The molecule has 0 radical (unpaired) electrons. The van der Waals surface area contributed by atoms with E-state index >= 15 is 0 Å². The lowest BCUT2D eigenvalue weighted by Gasteiger charge is -2.08. The Morgan fingerprint density at radius 1 is 0.686 bits per heavy atom. The molecule has 0 bridgehead atoms. The van der Waals surface area contributed by atoms with Gasteiger partial charge in [-0.15, -0.1) is 0 Å². The predicted molar refractivity (Wildman–Crippen MR) is 136 cm³/mol. The minimum absolute atomic E-state index is 0.0783. The molecule has 1 aromatic carbocycles. The second-order valence-electron chi connectivity index (χ2n) is 7.02. The van der Waals surface area contributed by atoms with Gasteiger partial charge in [-0.1, -0.05) is 63.6 Å². The molecule has 0 aromatic heterocycles. The minimum atomic E-state index is -0.561. The Bertz CT molecular complexity index is 741. The van der Waals surface area contributed by atoms with Gasteiger partial charge in [0.15, 0.2) is 5.78 Å². The van der Waals surface area contributed by atoms with Gasteiger partial charge in [0.1, 0.15) is 0 Å². The minimum Gasteiger partial charge on any atom is -0.381 e. The molecule has 0 saturated heterocycles. The van der Waals surface area contributed by atoms with E-state index in [1.807, 2.05) is 39.0 Å². The highest BCUT2D eigenvalue weighted by Gasteiger charge is 2.09. The highest BCUT2D eigenvalue weighted by molar-refractivity contribution is 5.91. The van der Waals surface area contributed by atoms with Gasteiger partial charge in [0.25, 0.3) is 0 Å². The van der Waals surface area contributed by atoms with Gasteiger partial charge in [0.05, 0.1) is 32.8 Å². The quantitative estimate of drug-likeness (QED) is 0.287. The number of carbonyl (C=O) groups excluding carboxylic acids is 5. The Kier molecular flexibility index (Phi) is 23.1. The van der Waals surface area contributed by atoms with E-state index in [0.717, 1.165) is 6.42 Å². The van der Waals surface area contributed by atoms with Crippen LogP contribution >= 0.6 is 0 Å². The summed E-state index contributed by atoms with van der Waals surface area (Å²) in [6.07, 6.45) is 1.34. The molecule has 0 aliphatic carbocycles. The van der Waals surface area contributed by atoms with Crippen LogP contribution in [0.1, 0.15) is 52.5 Å². The summed E-state index contributed by atoms with van der Waals surface area (Å²) in [7, 11) is 0. The maximum Gasteiger partial charge on any atom is 0.239 e. The third kappa shape index (κ3) is 23.7. The van der Waals surface area contributed by atoms with Crippen molar-refractivity contribution in [1.82, 2.24) is 21.3 Å². The highest BCUT2D eigenvalue weighted by Crippen LogP contribution is 1.92. The van der Waals surface area contributed by atoms with Crippen LogP contribution in [0, 0.1) is 6.92 Å². The number of ether oxygens (including phenoxy) is 1. The number of hydrogen-bond donors (Lipinski definition) is 4. The van der Waals surface area contributed by atoms with E-state index in [-0.39, 0.29) is 50.9 Å². The molecule has 4 N–H and O–H groups in total. The van der Waals surface area contributed by atoms with Gasteiger partial charge >= 0.3 is 0 Å². The maximum absolute atomic E-state index is 11.5. The Morgan fingerprint density at radius 3 is 1.54 bits per heavy atom. The smallest absolute Gasteiger partial charge is 0.239 e. The number of Topliss-reactive ketones (excluding diaryl/α,β-unsaturated/α-hetero) is 1. The Morgan fingerprint density at radius 2 is 1.14 bits per heavy atom. The zero-order valence-corrected chi connectivity index (χ0v) is 21.7. The van der Waals surface area contributed by atoms with Crippen LogP contribution in [0.15, 0.2) is 30.3 Å². The van der Waals surface area contributed by atoms with E-state index in [4.69, 9.17) is 4.74 Å². The van der Waals surface area contributed by atoms with Crippen molar-refractivity contribution in [3.63, 3.8) is 0 Å². The molecule has 0 fully saturated rings. The van der Waals surface area contributed by atoms with E-state index in [9.17, 15) is 24.0 Å². The van der Waals surface area contributed by atoms with Crippen molar-refractivity contribution in [3.05, 3.63) is 35.9 Å². The lowest BCUT2D eigenvalue weighted by atomic mass is 10.2. The molecule has 0 saturated carbocycles. The predicted octanol–water partition coefficient (Wildman–Crippen LogP) is 1.27. The first-order valence-corrected chi connectivity index (χ1v) is 12.0. The highest BCUT2D eigenvalue weighted by atomic mass is 16.5. The summed E-state index contributed by atoms with van der Waals surface area (Å²) in [5, 5.41) is 9.39. The van der Waals surface area contributed by atoms with E-state index in [1.54, 1.807) is 6.92 Å². The van der Waals surface area contributed by atoms with Crippen LogP contribution in [0.5, 0.6) is 0 Å². The standard InChI is InChI=1S/C16H28N4O6.C7H8.C2H6/c1-3-6-26-7-5-13(22)18-9-15(24)20-11-16(25)19-10-14(23)17-8-12(21)4-2;1-7-5-3-2-4-6-7;1-2/h3-11H2,1-2H3,(H,17,23)(H,18,22)(H,19,25)(H,20,24);2-6H,1H3;1-2H3. The fourth-order valence-electron chi connectivity index (χ4n) is 2.08. The molecule has 0 heterocycles. The molecular weight excluding hydrogens is 452 g/mol. The van der Waals surface area contributed by atoms with Crippen molar-refractivity contribution in [2.75, 3.05) is 39.4 Å². The molecule has 198 valence electrons. The Hall–Kier alpha value is -3.27. The van der Waals surface area contributed by atoms with Crippen LogP contribution < -0.4 is 21.3 Å². The molecule has 0 atom stereocenters. The van der Waals surface area contributed by atoms with Crippen molar-refractivity contribution >= 4 is 29.4 Å². The van der Waals surface area contributed by atoms with Gasteiger partial charge in [0.2, 0.25) is 23.6 Å². The van der Waals surface area contributed by atoms with Crippen LogP contribution in [0.4, 0.5) is 0 Å². The SMILES string of the molecule is CC.CCCOCCC(=O)NCC(=O)NCC(=O)NCC(=O)NCC(=O)CC.Cc1ccccc1. The molecule has 1 aromatic rings. The van der Waals surface area contributed by atoms with Crippen LogP contribution in [0.2, 0.25) is 0 Å². The average molecular weight is 495 g/mol. The molecule has 0 aliphatic heterocycles. The van der Waals surface area contributed by atoms with Gasteiger partial charge < -0.3 is 26.0 Å². The van der Waals surface area contributed by atoms with Crippen molar-refractivity contribution in [2.45, 2.75) is 53.9 Å².